The molecule has 3 aliphatic rings. The number of aryl methyl sites for hydroxylation is 1. The molecule has 0 bridgehead atoms. The van der Waals surface area contributed by atoms with Crippen molar-refractivity contribution in [3.05, 3.63) is 48.7 Å². The molecule has 1 amide bonds. The van der Waals surface area contributed by atoms with Gasteiger partial charge in [-0.25, -0.2) is 15.0 Å². The number of rotatable bonds is 3. The van der Waals surface area contributed by atoms with E-state index in [-0.39, 0.29) is 11.9 Å². The Morgan fingerprint density at radius 3 is 2.84 bits per heavy atom. The zero-order valence-corrected chi connectivity index (χ0v) is 21.3. The molecule has 1 atom stereocenters. The van der Waals surface area contributed by atoms with Crippen molar-refractivity contribution < 1.29 is 14.3 Å². The van der Waals surface area contributed by atoms with E-state index in [9.17, 15) is 4.79 Å². The number of hydrogen-bond donors (Lipinski definition) is 1. The molecule has 1 saturated heterocycles. The number of nitrogens with zero attached hydrogens (tertiary/aromatic N) is 7. The van der Waals surface area contributed by atoms with Crippen LogP contribution in [0.15, 0.2) is 43.0 Å². The average molecular weight is 511 g/mol. The van der Waals surface area contributed by atoms with Crippen LogP contribution in [0.2, 0.25) is 0 Å². The predicted octanol–water partition coefficient (Wildman–Crippen LogP) is 3.98. The normalized spacial score (nSPS) is 18.9. The van der Waals surface area contributed by atoms with Crippen molar-refractivity contribution in [2.45, 2.75) is 44.8 Å². The first-order valence-corrected chi connectivity index (χ1v) is 12.6. The van der Waals surface area contributed by atoms with E-state index in [4.69, 9.17) is 14.5 Å². The SMILES string of the molecule is Cn1cnnc1-c1ccc2c(c1)OC(C)(C)c1nc(Nc3cnc4c(c3)N3C(=O)CC[C@H]3CCO4)ncc1-2. The molecule has 0 unspecified atom stereocenters. The van der Waals surface area contributed by atoms with Crippen molar-refractivity contribution in [2.24, 2.45) is 7.05 Å². The summed E-state index contributed by atoms with van der Waals surface area (Å²) in [6.07, 6.45) is 7.35. The van der Waals surface area contributed by atoms with Crippen molar-refractivity contribution >= 4 is 23.2 Å². The number of fused-ring (bicyclic) bond motifs is 6. The zero-order valence-electron chi connectivity index (χ0n) is 21.3. The van der Waals surface area contributed by atoms with Crippen molar-refractivity contribution in [2.75, 3.05) is 16.8 Å². The van der Waals surface area contributed by atoms with E-state index < -0.39 is 5.60 Å². The largest absolute Gasteiger partial charge is 0.481 e. The van der Waals surface area contributed by atoms with Crippen molar-refractivity contribution in [1.82, 2.24) is 29.7 Å². The number of nitrogens with one attached hydrogen (secondary N) is 1. The van der Waals surface area contributed by atoms with Gasteiger partial charge in [0.2, 0.25) is 17.7 Å². The van der Waals surface area contributed by atoms with Gasteiger partial charge in [0, 0.05) is 48.8 Å². The predicted molar refractivity (Wildman–Crippen MR) is 139 cm³/mol. The Hall–Kier alpha value is -4.54. The number of anilines is 3. The van der Waals surface area contributed by atoms with Crippen LogP contribution in [0.25, 0.3) is 22.5 Å². The number of benzene rings is 1. The molecule has 3 aliphatic heterocycles. The maximum absolute atomic E-state index is 12.6. The van der Waals surface area contributed by atoms with Gasteiger partial charge in [-0.2, -0.15) is 0 Å². The number of carbonyl (C=O) groups is 1. The number of ether oxygens (including phenoxy) is 2. The van der Waals surface area contributed by atoms with Crippen LogP contribution in [0.5, 0.6) is 11.6 Å². The summed E-state index contributed by atoms with van der Waals surface area (Å²) in [5.41, 5.74) is 4.18. The van der Waals surface area contributed by atoms with Crippen molar-refractivity contribution in [1.29, 1.82) is 0 Å². The lowest BCUT2D eigenvalue weighted by Crippen LogP contribution is -2.32. The minimum Gasteiger partial charge on any atom is -0.481 e. The van der Waals surface area contributed by atoms with Crippen LogP contribution in [-0.4, -0.2) is 48.3 Å². The Morgan fingerprint density at radius 2 is 2.00 bits per heavy atom. The lowest BCUT2D eigenvalue weighted by atomic mass is 9.91. The topological polar surface area (TPSA) is 120 Å². The molecule has 11 heteroatoms. The highest BCUT2D eigenvalue weighted by Crippen LogP contribution is 2.46. The molecule has 11 nitrogen and oxygen atoms in total. The fraction of sp³-hybridized carbons (Fsp3) is 0.333. The van der Waals surface area contributed by atoms with Gasteiger partial charge >= 0.3 is 0 Å². The van der Waals surface area contributed by atoms with E-state index in [1.165, 1.54) is 0 Å². The number of hydrogen-bond acceptors (Lipinski definition) is 9. The van der Waals surface area contributed by atoms with Crippen LogP contribution >= 0.6 is 0 Å². The Morgan fingerprint density at radius 1 is 1.11 bits per heavy atom. The highest BCUT2D eigenvalue weighted by Gasteiger charge is 2.37. The second-order valence-corrected chi connectivity index (χ2v) is 10.3. The molecule has 4 aromatic rings. The molecule has 192 valence electrons. The first-order valence-electron chi connectivity index (χ1n) is 12.6. The molecular formula is C27H26N8O3. The molecule has 7 rings (SSSR count). The Labute approximate surface area is 218 Å². The molecule has 3 aromatic heterocycles. The number of carbonyl (C=O) groups excluding carboxylic acids is 1. The van der Waals surface area contributed by atoms with Gasteiger partial charge in [0.05, 0.1) is 24.2 Å². The smallest absolute Gasteiger partial charge is 0.238 e. The summed E-state index contributed by atoms with van der Waals surface area (Å²) in [5.74, 6) is 2.50. The summed E-state index contributed by atoms with van der Waals surface area (Å²) >= 11 is 0. The number of aromatic nitrogens is 6. The van der Waals surface area contributed by atoms with Gasteiger partial charge in [0.15, 0.2) is 5.82 Å². The molecule has 1 fully saturated rings. The third-order valence-corrected chi connectivity index (χ3v) is 7.33. The van der Waals surface area contributed by atoms with E-state index in [0.29, 0.717) is 36.2 Å². The first-order chi connectivity index (χ1) is 18.4. The second kappa shape index (κ2) is 8.23. The molecular weight excluding hydrogens is 484 g/mol. The fourth-order valence-corrected chi connectivity index (χ4v) is 5.50. The number of pyridine rings is 1. The van der Waals surface area contributed by atoms with Gasteiger partial charge in [-0.15, -0.1) is 10.2 Å². The number of amides is 1. The summed E-state index contributed by atoms with van der Waals surface area (Å²) in [7, 11) is 1.91. The maximum atomic E-state index is 12.6. The first kappa shape index (κ1) is 22.6. The third-order valence-electron chi connectivity index (χ3n) is 7.33. The highest BCUT2D eigenvalue weighted by atomic mass is 16.5. The molecule has 0 radical (unpaired) electrons. The van der Waals surface area contributed by atoms with Crippen LogP contribution in [-0.2, 0) is 17.4 Å². The average Bonchev–Trinajstić information content (AvgIpc) is 3.43. The summed E-state index contributed by atoms with van der Waals surface area (Å²) in [6, 6.07) is 8.01. The van der Waals surface area contributed by atoms with Gasteiger partial charge in [0.25, 0.3) is 0 Å². The fourth-order valence-electron chi connectivity index (χ4n) is 5.50. The Kier molecular flexibility index (Phi) is 4.91. The standard InChI is InChI=1S/C27H26N8O3/c1-27(2)23-19(18-6-4-15(10-21(18)38-27)24-33-30-14-34(24)3)13-29-26(32-23)31-16-11-20-25(28-12-16)37-9-8-17-5-7-22(36)35(17)20/h4,6,10-14,17H,5,7-9H2,1-3H3,(H,29,31,32)/t17-/m0/s1. The second-order valence-electron chi connectivity index (χ2n) is 10.3. The minimum atomic E-state index is -0.699. The molecule has 1 N–H and O–H groups in total. The Bertz CT molecular complexity index is 1600. The van der Waals surface area contributed by atoms with Gasteiger partial charge in [-0.1, -0.05) is 6.07 Å². The molecule has 0 spiro atoms. The lowest BCUT2D eigenvalue weighted by molar-refractivity contribution is -0.117. The van der Waals surface area contributed by atoms with Gasteiger partial charge in [0.1, 0.15) is 23.4 Å². The van der Waals surface area contributed by atoms with E-state index in [0.717, 1.165) is 46.8 Å². The molecule has 1 aromatic carbocycles. The van der Waals surface area contributed by atoms with E-state index in [2.05, 4.69) is 25.5 Å². The molecule has 38 heavy (non-hydrogen) atoms. The van der Waals surface area contributed by atoms with E-state index >= 15 is 0 Å². The van der Waals surface area contributed by atoms with Gasteiger partial charge < -0.3 is 24.3 Å². The zero-order chi connectivity index (χ0) is 26.0. The summed E-state index contributed by atoms with van der Waals surface area (Å²) < 4.78 is 14.1. The summed E-state index contributed by atoms with van der Waals surface area (Å²) in [5, 5.41) is 11.5. The Balaban J connectivity index is 1.22. The quantitative estimate of drug-likeness (QED) is 0.436. The minimum absolute atomic E-state index is 0.102. The van der Waals surface area contributed by atoms with Crippen LogP contribution < -0.4 is 19.7 Å². The maximum Gasteiger partial charge on any atom is 0.238 e. The summed E-state index contributed by atoms with van der Waals surface area (Å²) in [6.45, 7) is 4.52. The van der Waals surface area contributed by atoms with Gasteiger partial charge in [-0.3, -0.25) is 4.79 Å². The van der Waals surface area contributed by atoms with E-state index in [1.807, 2.05) is 60.8 Å². The molecule has 6 heterocycles. The molecule has 0 aliphatic carbocycles. The summed E-state index contributed by atoms with van der Waals surface area (Å²) in [4.78, 5) is 28.4. The van der Waals surface area contributed by atoms with Crippen LogP contribution in [0.3, 0.4) is 0 Å². The van der Waals surface area contributed by atoms with Crippen LogP contribution in [0, 0.1) is 0 Å². The third kappa shape index (κ3) is 3.57. The highest BCUT2D eigenvalue weighted by molar-refractivity contribution is 5.98. The van der Waals surface area contributed by atoms with Crippen LogP contribution in [0.4, 0.5) is 17.3 Å². The van der Waals surface area contributed by atoms with Crippen molar-refractivity contribution in [3.63, 3.8) is 0 Å². The van der Waals surface area contributed by atoms with E-state index in [1.54, 1.807) is 12.5 Å². The molecule has 0 saturated carbocycles. The monoisotopic (exact) mass is 510 g/mol. The van der Waals surface area contributed by atoms with Gasteiger partial charge in [-0.05, 0) is 38.5 Å². The van der Waals surface area contributed by atoms with Crippen molar-refractivity contribution in [3.8, 4) is 34.1 Å². The lowest BCUT2D eigenvalue weighted by Gasteiger charge is -2.34. The van der Waals surface area contributed by atoms with Crippen LogP contribution in [0.1, 0.15) is 38.8 Å².